The molecule has 0 aromatic heterocycles. The Kier molecular flexibility index (Phi) is 7.72. The van der Waals surface area contributed by atoms with Crippen LogP contribution in [-0.4, -0.2) is 59.0 Å². The molecule has 1 rings (SSSR count). The number of rotatable bonds is 8. The van der Waals surface area contributed by atoms with Crippen molar-refractivity contribution in [1.82, 2.24) is 9.80 Å². The van der Waals surface area contributed by atoms with Gasteiger partial charge in [0.25, 0.3) is 0 Å². The predicted octanol–water partition coefficient (Wildman–Crippen LogP) is 2.21. The molecule has 0 aliphatic carbocycles. The van der Waals surface area contributed by atoms with Gasteiger partial charge < -0.3 is 10.0 Å². The maximum Gasteiger partial charge on any atom is 0.317 e. The molecule has 1 unspecified atom stereocenters. The van der Waals surface area contributed by atoms with Gasteiger partial charge in [0.15, 0.2) is 0 Å². The Balaban J connectivity index is 2.40. The van der Waals surface area contributed by atoms with E-state index in [0.717, 1.165) is 45.3 Å². The van der Waals surface area contributed by atoms with Gasteiger partial charge in [-0.3, -0.25) is 14.5 Å². The smallest absolute Gasteiger partial charge is 0.317 e. The van der Waals surface area contributed by atoms with Gasteiger partial charge in [-0.2, -0.15) is 0 Å². The summed E-state index contributed by atoms with van der Waals surface area (Å²) in [4.78, 5) is 27.0. The van der Waals surface area contributed by atoms with Crippen LogP contribution in [0.3, 0.4) is 0 Å². The number of aliphatic carboxylic acids is 1. The number of carboxylic acid groups (broad SMARTS) is 1. The average molecular weight is 298 g/mol. The van der Waals surface area contributed by atoms with E-state index in [2.05, 4.69) is 13.8 Å². The lowest BCUT2D eigenvalue weighted by atomic mass is 9.99. The third-order valence-corrected chi connectivity index (χ3v) is 4.38. The Hall–Kier alpha value is -1.10. The molecule has 1 amide bonds. The Labute approximate surface area is 128 Å². The van der Waals surface area contributed by atoms with E-state index in [0.29, 0.717) is 18.4 Å². The van der Waals surface area contributed by atoms with Crippen molar-refractivity contribution in [3.63, 3.8) is 0 Å². The van der Waals surface area contributed by atoms with Crippen LogP contribution in [0.1, 0.15) is 52.9 Å². The number of carboxylic acids is 1. The first-order valence-electron chi connectivity index (χ1n) is 8.21. The molecular weight excluding hydrogens is 268 g/mol. The number of carbonyl (C=O) groups excluding carboxylic acids is 1. The van der Waals surface area contributed by atoms with Gasteiger partial charge in [0, 0.05) is 25.6 Å². The van der Waals surface area contributed by atoms with Gasteiger partial charge in [-0.15, -0.1) is 0 Å². The molecule has 0 aromatic rings. The Morgan fingerprint density at radius 1 is 1.29 bits per heavy atom. The summed E-state index contributed by atoms with van der Waals surface area (Å²) >= 11 is 0. The standard InChI is InChI=1S/C16H30N2O3/c1-4-6-13(3)11-15(19)18-9-7-14(8-10-18)17(5-2)12-16(20)21/h13-14H,4-12H2,1-3H3,(H,20,21). The first-order chi connectivity index (χ1) is 9.97. The minimum atomic E-state index is -0.774. The SMILES string of the molecule is CCCC(C)CC(=O)N1CCC(N(CC)CC(=O)O)CC1. The summed E-state index contributed by atoms with van der Waals surface area (Å²) in [5, 5.41) is 8.93. The molecule has 5 nitrogen and oxygen atoms in total. The fraction of sp³-hybridized carbons (Fsp3) is 0.875. The molecule has 1 aliphatic rings. The van der Waals surface area contributed by atoms with Crippen molar-refractivity contribution in [3.05, 3.63) is 0 Å². The van der Waals surface area contributed by atoms with Gasteiger partial charge >= 0.3 is 5.97 Å². The molecule has 1 fully saturated rings. The Morgan fingerprint density at radius 3 is 2.38 bits per heavy atom. The zero-order valence-electron chi connectivity index (χ0n) is 13.7. The predicted molar refractivity (Wildman–Crippen MR) is 83.2 cm³/mol. The van der Waals surface area contributed by atoms with Crippen molar-refractivity contribution in [2.24, 2.45) is 5.92 Å². The minimum Gasteiger partial charge on any atom is -0.480 e. The van der Waals surface area contributed by atoms with E-state index < -0.39 is 5.97 Å². The highest BCUT2D eigenvalue weighted by Gasteiger charge is 2.27. The van der Waals surface area contributed by atoms with E-state index in [1.807, 2.05) is 16.7 Å². The summed E-state index contributed by atoms with van der Waals surface area (Å²) in [7, 11) is 0. The van der Waals surface area contributed by atoms with Crippen molar-refractivity contribution in [3.8, 4) is 0 Å². The van der Waals surface area contributed by atoms with Crippen molar-refractivity contribution in [2.45, 2.75) is 58.9 Å². The van der Waals surface area contributed by atoms with Gasteiger partial charge in [0.2, 0.25) is 5.91 Å². The highest BCUT2D eigenvalue weighted by Crippen LogP contribution is 2.19. The van der Waals surface area contributed by atoms with Crippen LogP contribution in [0, 0.1) is 5.92 Å². The molecule has 21 heavy (non-hydrogen) atoms. The quantitative estimate of drug-likeness (QED) is 0.746. The van der Waals surface area contributed by atoms with E-state index >= 15 is 0 Å². The Morgan fingerprint density at radius 2 is 1.90 bits per heavy atom. The maximum atomic E-state index is 12.2. The molecule has 122 valence electrons. The molecule has 1 aliphatic heterocycles. The molecule has 1 saturated heterocycles. The zero-order chi connectivity index (χ0) is 15.8. The van der Waals surface area contributed by atoms with E-state index in [1.165, 1.54) is 0 Å². The summed E-state index contributed by atoms with van der Waals surface area (Å²) in [6, 6.07) is 0.295. The number of amides is 1. The third kappa shape index (κ3) is 6.04. The van der Waals surface area contributed by atoms with Gasteiger partial charge in [-0.25, -0.2) is 0 Å². The number of carbonyl (C=O) groups is 2. The normalized spacial score (nSPS) is 18.0. The first kappa shape index (κ1) is 18.0. The van der Waals surface area contributed by atoms with Crippen LogP contribution in [0.25, 0.3) is 0 Å². The van der Waals surface area contributed by atoms with Crippen molar-refractivity contribution in [2.75, 3.05) is 26.2 Å². The summed E-state index contributed by atoms with van der Waals surface area (Å²) < 4.78 is 0. The molecule has 0 spiro atoms. The fourth-order valence-electron chi connectivity index (χ4n) is 3.18. The second kappa shape index (κ2) is 9.03. The van der Waals surface area contributed by atoms with Gasteiger partial charge in [-0.1, -0.05) is 33.6 Å². The molecule has 0 saturated carbocycles. The first-order valence-corrected chi connectivity index (χ1v) is 8.21. The average Bonchev–Trinajstić information content (AvgIpc) is 2.45. The lowest BCUT2D eigenvalue weighted by Gasteiger charge is -2.37. The summed E-state index contributed by atoms with van der Waals surface area (Å²) in [5.41, 5.74) is 0. The number of nitrogens with zero attached hydrogens (tertiary/aromatic N) is 2. The monoisotopic (exact) mass is 298 g/mol. The van der Waals surface area contributed by atoms with Crippen LogP contribution < -0.4 is 0 Å². The second-order valence-corrected chi connectivity index (χ2v) is 6.17. The van der Waals surface area contributed by atoms with E-state index in [-0.39, 0.29) is 12.5 Å². The summed E-state index contributed by atoms with van der Waals surface area (Å²) in [6.07, 6.45) is 4.64. The van der Waals surface area contributed by atoms with Crippen molar-refractivity contribution >= 4 is 11.9 Å². The van der Waals surface area contributed by atoms with Crippen LogP contribution in [-0.2, 0) is 9.59 Å². The summed E-state index contributed by atoms with van der Waals surface area (Å²) in [5.74, 6) is -0.0567. The lowest BCUT2D eigenvalue weighted by molar-refractivity contribution is -0.140. The molecule has 0 bridgehead atoms. The van der Waals surface area contributed by atoms with Gasteiger partial charge in [0.05, 0.1) is 6.54 Å². The maximum absolute atomic E-state index is 12.2. The zero-order valence-corrected chi connectivity index (χ0v) is 13.7. The van der Waals surface area contributed by atoms with Crippen LogP contribution in [0.15, 0.2) is 0 Å². The van der Waals surface area contributed by atoms with Crippen molar-refractivity contribution < 1.29 is 14.7 Å². The molecular formula is C16H30N2O3. The largest absolute Gasteiger partial charge is 0.480 e. The van der Waals surface area contributed by atoms with Gasteiger partial charge in [-0.05, 0) is 25.3 Å². The van der Waals surface area contributed by atoms with Crippen LogP contribution >= 0.6 is 0 Å². The van der Waals surface area contributed by atoms with Gasteiger partial charge in [0.1, 0.15) is 0 Å². The minimum absolute atomic E-state index is 0.0998. The summed E-state index contributed by atoms with van der Waals surface area (Å²) in [6.45, 7) is 8.65. The number of piperidine rings is 1. The lowest BCUT2D eigenvalue weighted by Crippen LogP contribution is -2.48. The van der Waals surface area contributed by atoms with E-state index in [4.69, 9.17) is 5.11 Å². The van der Waals surface area contributed by atoms with Crippen LogP contribution in [0.2, 0.25) is 0 Å². The molecule has 1 heterocycles. The third-order valence-electron chi connectivity index (χ3n) is 4.38. The number of hydrogen-bond acceptors (Lipinski definition) is 3. The van der Waals surface area contributed by atoms with E-state index in [9.17, 15) is 9.59 Å². The second-order valence-electron chi connectivity index (χ2n) is 6.17. The number of likely N-dealkylation sites (N-methyl/N-ethyl adjacent to an activating group) is 1. The molecule has 0 aromatic carbocycles. The van der Waals surface area contributed by atoms with E-state index in [1.54, 1.807) is 0 Å². The molecule has 0 radical (unpaired) electrons. The highest BCUT2D eigenvalue weighted by atomic mass is 16.4. The molecule has 5 heteroatoms. The number of likely N-dealkylation sites (tertiary alicyclic amines) is 1. The highest BCUT2D eigenvalue weighted by molar-refractivity contribution is 5.76. The molecule has 1 N–H and O–H groups in total. The Bertz CT molecular complexity index is 338. The van der Waals surface area contributed by atoms with Crippen LogP contribution in [0.4, 0.5) is 0 Å². The van der Waals surface area contributed by atoms with Crippen LogP contribution in [0.5, 0.6) is 0 Å². The fourth-order valence-corrected chi connectivity index (χ4v) is 3.18. The number of hydrogen-bond donors (Lipinski definition) is 1. The topological polar surface area (TPSA) is 60.9 Å². The molecule has 1 atom stereocenters. The van der Waals surface area contributed by atoms with Crippen molar-refractivity contribution in [1.29, 1.82) is 0 Å².